The summed E-state index contributed by atoms with van der Waals surface area (Å²) in [6.45, 7) is 0. The Bertz CT molecular complexity index is 545. The molecule has 2 amide bonds. The number of carbonyl (C=O) groups excluding carboxylic acids is 2. The van der Waals surface area contributed by atoms with Gasteiger partial charge < -0.3 is 10.6 Å². The largest absolute Gasteiger partial charge is 0.412 e. The molecule has 1 aliphatic rings. The van der Waals surface area contributed by atoms with Crippen LogP contribution in [0.4, 0.5) is 13.2 Å². The van der Waals surface area contributed by atoms with Crippen LogP contribution < -0.4 is 10.6 Å². The van der Waals surface area contributed by atoms with E-state index < -0.39 is 24.2 Å². The van der Waals surface area contributed by atoms with Crippen molar-refractivity contribution in [2.24, 2.45) is 0 Å². The number of nitrogens with one attached hydrogen (secondary N) is 2. The summed E-state index contributed by atoms with van der Waals surface area (Å²) in [7, 11) is 0. The van der Waals surface area contributed by atoms with Crippen LogP contribution in [-0.2, 0) is 9.59 Å². The van der Waals surface area contributed by atoms with E-state index in [1.165, 1.54) is 24.3 Å². The normalized spacial score (nSPS) is 20.0. The Morgan fingerprint density at radius 1 is 1.33 bits per heavy atom. The summed E-state index contributed by atoms with van der Waals surface area (Å²) in [5.74, 6) is -1.19. The first-order valence-corrected chi connectivity index (χ1v) is 6.57. The Hall–Kier alpha value is -1.76. The minimum Gasteiger partial charge on any atom is -0.344 e. The molecular formula is C13H12ClF3N2O2. The van der Waals surface area contributed by atoms with Crippen LogP contribution in [0.3, 0.4) is 0 Å². The molecule has 0 aliphatic carbocycles. The predicted octanol–water partition coefficient (Wildman–Crippen LogP) is 2.34. The van der Waals surface area contributed by atoms with Crippen molar-refractivity contribution in [3.8, 4) is 0 Å². The van der Waals surface area contributed by atoms with Crippen molar-refractivity contribution in [1.29, 1.82) is 0 Å². The van der Waals surface area contributed by atoms with Crippen LogP contribution in [0.1, 0.15) is 24.4 Å². The van der Waals surface area contributed by atoms with Crippen molar-refractivity contribution >= 4 is 23.4 Å². The average Bonchev–Trinajstić information content (AvgIpc) is 2.82. The third-order valence-corrected chi connectivity index (χ3v) is 3.38. The molecule has 2 rings (SSSR count). The van der Waals surface area contributed by atoms with Gasteiger partial charge in [-0.15, -0.1) is 0 Å². The molecule has 1 saturated heterocycles. The fourth-order valence-electron chi connectivity index (χ4n) is 2.06. The number of rotatable bonds is 3. The van der Waals surface area contributed by atoms with Gasteiger partial charge in [-0.2, -0.15) is 13.2 Å². The maximum Gasteiger partial charge on any atom is 0.412 e. The van der Waals surface area contributed by atoms with Crippen LogP contribution in [0.15, 0.2) is 24.3 Å². The topological polar surface area (TPSA) is 58.2 Å². The Labute approximate surface area is 123 Å². The lowest BCUT2D eigenvalue weighted by Gasteiger charge is -2.23. The van der Waals surface area contributed by atoms with Gasteiger partial charge >= 0.3 is 6.18 Å². The molecule has 1 aliphatic heterocycles. The number of halogens is 4. The molecule has 0 spiro atoms. The quantitative estimate of drug-likeness (QED) is 0.898. The summed E-state index contributed by atoms with van der Waals surface area (Å²) >= 11 is 5.64. The van der Waals surface area contributed by atoms with E-state index in [9.17, 15) is 22.8 Å². The Kier molecular flexibility index (Phi) is 4.41. The highest BCUT2D eigenvalue weighted by Gasteiger charge is 2.43. The van der Waals surface area contributed by atoms with Gasteiger partial charge in [-0.1, -0.05) is 23.7 Å². The van der Waals surface area contributed by atoms with Crippen LogP contribution >= 0.6 is 11.6 Å². The second-order valence-corrected chi connectivity index (χ2v) is 5.13. The molecule has 1 fully saturated rings. The van der Waals surface area contributed by atoms with E-state index in [1.54, 1.807) is 0 Å². The third-order valence-electron chi connectivity index (χ3n) is 3.13. The van der Waals surface area contributed by atoms with Gasteiger partial charge in [-0.05, 0) is 24.1 Å². The van der Waals surface area contributed by atoms with Gasteiger partial charge in [0.2, 0.25) is 11.8 Å². The molecule has 1 heterocycles. The number of benzene rings is 1. The molecule has 1 aromatic carbocycles. The smallest absolute Gasteiger partial charge is 0.344 e. The third kappa shape index (κ3) is 3.87. The Morgan fingerprint density at radius 2 is 1.95 bits per heavy atom. The lowest BCUT2D eigenvalue weighted by Crippen LogP contribution is -2.46. The molecule has 2 atom stereocenters. The van der Waals surface area contributed by atoms with Gasteiger partial charge in [0.05, 0.1) is 0 Å². The zero-order chi connectivity index (χ0) is 15.6. The van der Waals surface area contributed by atoms with Gasteiger partial charge in [-0.3, -0.25) is 9.59 Å². The van der Waals surface area contributed by atoms with Crippen LogP contribution in [0.5, 0.6) is 0 Å². The first-order valence-electron chi connectivity index (χ1n) is 6.19. The molecule has 21 heavy (non-hydrogen) atoms. The van der Waals surface area contributed by atoms with Gasteiger partial charge in [0, 0.05) is 11.4 Å². The van der Waals surface area contributed by atoms with E-state index in [2.05, 4.69) is 5.32 Å². The highest BCUT2D eigenvalue weighted by Crippen LogP contribution is 2.33. The summed E-state index contributed by atoms with van der Waals surface area (Å²) in [6.07, 6.45) is -4.32. The molecule has 0 saturated carbocycles. The number of hydrogen-bond donors (Lipinski definition) is 2. The van der Waals surface area contributed by atoms with Gasteiger partial charge in [0.15, 0.2) is 6.04 Å². The standard InChI is InChI=1S/C13H12ClF3N2O2/c14-8-3-1-7(2-4-8)11(13(15,16)17)19-12(21)9-5-6-10(20)18-9/h1-4,9,11H,5-6H2,(H,18,20)(H,19,21)/t9-,11+/m1/s1. The van der Waals surface area contributed by atoms with E-state index in [4.69, 9.17) is 11.6 Å². The second-order valence-electron chi connectivity index (χ2n) is 4.69. The van der Waals surface area contributed by atoms with Crippen molar-refractivity contribution < 1.29 is 22.8 Å². The molecule has 0 aromatic heterocycles. The van der Waals surface area contributed by atoms with Crippen molar-refractivity contribution in [2.75, 3.05) is 0 Å². The number of amides is 2. The molecule has 0 unspecified atom stereocenters. The minimum absolute atomic E-state index is 0.121. The van der Waals surface area contributed by atoms with Crippen molar-refractivity contribution in [3.05, 3.63) is 34.9 Å². The molecule has 1 aromatic rings. The Balaban J connectivity index is 2.15. The van der Waals surface area contributed by atoms with Gasteiger partial charge in [-0.25, -0.2) is 0 Å². The maximum absolute atomic E-state index is 13.1. The van der Waals surface area contributed by atoms with Crippen LogP contribution in [-0.4, -0.2) is 24.0 Å². The minimum atomic E-state index is -4.65. The molecule has 114 valence electrons. The molecule has 4 nitrogen and oxygen atoms in total. The molecule has 2 N–H and O–H groups in total. The highest BCUT2D eigenvalue weighted by molar-refractivity contribution is 6.30. The maximum atomic E-state index is 13.1. The monoisotopic (exact) mass is 320 g/mol. The summed E-state index contributed by atoms with van der Waals surface area (Å²) in [5, 5.41) is 4.57. The van der Waals surface area contributed by atoms with Crippen LogP contribution in [0.25, 0.3) is 0 Å². The summed E-state index contributed by atoms with van der Waals surface area (Å²) in [4.78, 5) is 22.9. The summed E-state index contributed by atoms with van der Waals surface area (Å²) in [6, 6.07) is 1.98. The lowest BCUT2D eigenvalue weighted by atomic mass is 10.1. The van der Waals surface area contributed by atoms with E-state index in [1.807, 2.05) is 5.32 Å². The number of carbonyl (C=O) groups is 2. The zero-order valence-electron chi connectivity index (χ0n) is 10.7. The first kappa shape index (κ1) is 15.6. The summed E-state index contributed by atoms with van der Waals surface area (Å²) < 4.78 is 39.3. The fraction of sp³-hybridized carbons (Fsp3) is 0.385. The number of hydrogen-bond acceptors (Lipinski definition) is 2. The van der Waals surface area contributed by atoms with E-state index in [0.717, 1.165) is 0 Å². The fourth-order valence-corrected chi connectivity index (χ4v) is 2.19. The van der Waals surface area contributed by atoms with Gasteiger partial charge in [0.25, 0.3) is 0 Å². The molecule has 0 radical (unpaired) electrons. The number of alkyl halides is 3. The predicted molar refractivity (Wildman–Crippen MR) is 69.6 cm³/mol. The van der Waals surface area contributed by atoms with E-state index in [-0.39, 0.29) is 24.3 Å². The van der Waals surface area contributed by atoms with Gasteiger partial charge in [0.1, 0.15) is 6.04 Å². The second kappa shape index (κ2) is 5.93. The average molecular weight is 321 g/mol. The SMILES string of the molecule is O=C1CC[C@H](C(=O)N[C@@H](c2ccc(Cl)cc2)C(F)(F)F)N1. The zero-order valence-corrected chi connectivity index (χ0v) is 11.5. The lowest BCUT2D eigenvalue weighted by molar-refractivity contribution is -0.164. The van der Waals surface area contributed by atoms with Crippen LogP contribution in [0.2, 0.25) is 5.02 Å². The molecular weight excluding hydrogens is 309 g/mol. The highest BCUT2D eigenvalue weighted by atomic mass is 35.5. The Morgan fingerprint density at radius 3 is 2.43 bits per heavy atom. The van der Waals surface area contributed by atoms with E-state index >= 15 is 0 Å². The van der Waals surface area contributed by atoms with Crippen molar-refractivity contribution in [1.82, 2.24) is 10.6 Å². The van der Waals surface area contributed by atoms with Crippen molar-refractivity contribution in [2.45, 2.75) is 31.1 Å². The molecule has 0 bridgehead atoms. The molecule has 8 heteroatoms. The van der Waals surface area contributed by atoms with Crippen LogP contribution in [0, 0.1) is 0 Å². The van der Waals surface area contributed by atoms with Crippen molar-refractivity contribution in [3.63, 3.8) is 0 Å². The summed E-state index contributed by atoms with van der Waals surface area (Å²) in [5.41, 5.74) is -0.121. The first-order chi connectivity index (χ1) is 9.77. The van der Waals surface area contributed by atoms with E-state index in [0.29, 0.717) is 5.02 Å².